The molecular formula is C18H12F4N2. The quantitative estimate of drug-likeness (QED) is 0.621. The Kier molecular flexibility index (Phi) is 2.03. The molecule has 4 unspecified atom stereocenters. The molecule has 0 N–H and O–H groups in total. The number of aromatic nitrogens is 2. The van der Waals surface area contributed by atoms with Crippen LogP contribution in [0.15, 0.2) is 24.5 Å². The summed E-state index contributed by atoms with van der Waals surface area (Å²) >= 11 is 0. The lowest BCUT2D eigenvalue weighted by molar-refractivity contribution is 0.362. The third-order valence-corrected chi connectivity index (χ3v) is 7.36. The highest BCUT2D eigenvalue weighted by atomic mass is 19.2. The summed E-state index contributed by atoms with van der Waals surface area (Å²) in [5, 5.41) is 0. The number of hydrogen-bond acceptors (Lipinski definition) is 2. The standard InChI is InChI=1S/C18H12F4N2/c19-13-12(14(20)16(22)24-15(13)21)18-10-5-8-9(6-11(10)18)17(8,18)7-1-3-23-4-2-7/h1-4,8-11H,5-6H2. The molecule has 4 saturated carbocycles. The predicted octanol–water partition coefficient (Wildman–Crippen LogP) is 3.51. The number of fused-ring (bicyclic) bond motifs is 2. The topological polar surface area (TPSA) is 25.8 Å². The number of hydrogen-bond donors (Lipinski definition) is 0. The molecule has 0 aromatic carbocycles. The van der Waals surface area contributed by atoms with Crippen LogP contribution in [0.3, 0.4) is 0 Å². The maximum absolute atomic E-state index is 14.6. The molecule has 0 aliphatic heterocycles. The molecule has 4 atom stereocenters. The molecular weight excluding hydrogens is 320 g/mol. The van der Waals surface area contributed by atoms with Gasteiger partial charge in [-0.3, -0.25) is 4.98 Å². The Morgan fingerprint density at radius 1 is 0.792 bits per heavy atom. The summed E-state index contributed by atoms with van der Waals surface area (Å²) in [6, 6.07) is 3.75. The highest BCUT2D eigenvalue weighted by Crippen LogP contribution is 2.96. The van der Waals surface area contributed by atoms with Crippen LogP contribution in [-0.2, 0) is 10.8 Å². The summed E-state index contributed by atoms with van der Waals surface area (Å²) in [6.07, 6.45) is 5.09. The van der Waals surface area contributed by atoms with Crippen LogP contribution in [0.1, 0.15) is 24.0 Å². The smallest absolute Gasteiger partial charge is 0.252 e. The van der Waals surface area contributed by atoms with Gasteiger partial charge in [0.25, 0.3) is 11.9 Å². The summed E-state index contributed by atoms with van der Waals surface area (Å²) in [6.45, 7) is 0. The lowest BCUT2D eigenvalue weighted by Crippen LogP contribution is -2.31. The van der Waals surface area contributed by atoms with Crippen molar-refractivity contribution in [3.8, 4) is 0 Å². The first-order chi connectivity index (χ1) is 11.6. The van der Waals surface area contributed by atoms with E-state index in [2.05, 4.69) is 9.97 Å². The van der Waals surface area contributed by atoms with Gasteiger partial charge in [-0.05, 0) is 54.2 Å². The van der Waals surface area contributed by atoms with Crippen LogP contribution in [0.5, 0.6) is 0 Å². The third kappa shape index (κ3) is 1.05. The summed E-state index contributed by atoms with van der Waals surface area (Å²) in [5.41, 5.74) is -0.622. The largest absolute Gasteiger partial charge is 0.265 e. The first-order valence-electron chi connectivity index (χ1n) is 8.17. The van der Waals surface area contributed by atoms with Crippen LogP contribution < -0.4 is 0 Å². The Morgan fingerprint density at radius 2 is 1.29 bits per heavy atom. The number of halogens is 4. The molecule has 2 aromatic heterocycles. The molecule has 4 aliphatic rings. The van der Waals surface area contributed by atoms with Gasteiger partial charge in [0.1, 0.15) is 0 Å². The van der Waals surface area contributed by atoms with Crippen molar-refractivity contribution < 1.29 is 17.6 Å². The zero-order chi connectivity index (χ0) is 16.4. The van der Waals surface area contributed by atoms with Gasteiger partial charge in [-0.2, -0.15) is 13.8 Å². The van der Waals surface area contributed by atoms with E-state index in [-0.39, 0.29) is 11.8 Å². The molecule has 6 heteroatoms. The lowest BCUT2D eigenvalue weighted by Gasteiger charge is -2.28. The van der Waals surface area contributed by atoms with Gasteiger partial charge in [0.05, 0.1) is 0 Å². The van der Waals surface area contributed by atoms with Gasteiger partial charge in [0.15, 0.2) is 11.6 Å². The summed E-state index contributed by atoms with van der Waals surface area (Å²) in [7, 11) is 0. The Morgan fingerprint density at radius 3 is 1.83 bits per heavy atom. The van der Waals surface area contributed by atoms with Crippen LogP contribution in [0.25, 0.3) is 0 Å². The van der Waals surface area contributed by atoms with E-state index in [9.17, 15) is 17.6 Å². The molecule has 24 heavy (non-hydrogen) atoms. The van der Waals surface area contributed by atoms with Crippen molar-refractivity contribution in [3.05, 3.63) is 59.2 Å². The van der Waals surface area contributed by atoms with Crippen LogP contribution in [-0.4, -0.2) is 9.97 Å². The Balaban J connectivity index is 1.66. The van der Waals surface area contributed by atoms with E-state index in [1.807, 2.05) is 12.1 Å². The summed E-state index contributed by atoms with van der Waals surface area (Å²) in [4.78, 5) is 6.76. The van der Waals surface area contributed by atoms with E-state index in [4.69, 9.17) is 0 Å². The fraction of sp³-hybridized carbons (Fsp3) is 0.444. The van der Waals surface area contributed by atoms with E-state index in [0.29, 0.717) is 11.8 Å². The zero-order valence-corrected chi connectivity index (χ0v) is 12.4. The maximum Gasteiger partial charge on any atom is 0.252 e. The van der Waals surface area contributed by atoms with E-state index in [1.54, 1.807) is 12.4 Å². The van der Waals surface area contributed by atoms with Gasteiger partial charge >= 0.3 is 0 Å². The van der Waals surface area contributed by atoms with Crippen molar-refractivity contribution in [3.63, 3.8) is 0 Å². The summed E-state index contributed by atoms with van der Waals surface area (Å²) < 4.78 is 56.7. The van der Waals surface area contributed by atoms with Crippen LogP contribution in [0.4, 0.5) is 17.6 Å². The number of nitrogens with zero attached hydrogens (tertiary/aromatic N) is 2. The van der Waals surface area contributed by atoms with Crippen molar-refractivity contribution in [1.29, 1.82) is 0 Å². The van der Waals surface area contributed by atoms with Gasteiger partial charge in [-0.25, -0.2) is 8.78 Å². The average molecular weight is 332 g/mol. The molecule has 0 radical (unpaired) electrons. The molecule has 2 nitrogen and oxygen atoms in total. The van der Waals surface area contributed by atoms with Crippen molar-refractivity contribution >= 4 is 0 Å². The molecule has 0 amide bonds. The van der Waals surface area contributed by atoms with Gasteiger partial charge in [-0.15, -0.1) is 0 Å². The second-order valence-electron chi connectivity index (χ2n) is 7.57. The Hall–Kier alpha value is -1.98. The van der Waals surface area contributed by atoms with E-state index in [0.717, 1.165) is 18.4 Å². The monoisotopic (exact) mass is 332 g/mol. The second-order valence-corrected chi connectivity index (χ2v) is 7.57. The first kappa shape index (κ1) is 13.3. The second kappa shape index (κ2) is 3.65. The summed E-state index contributed by atoms with van der Waals surface area (Å²) in [5.74, 6) is -4.84. The van der Waals surface area contributed by atoms with E-state index >= 15 is 0 Å². The minimum absolute atomic E-state index is 0.103. The molecule has 6 rings (SSSR count). The fourth-order valence-corrected chi connectivity index (χ4v) is 6.97. The molecule has 2 heterocycles. The SMILES string of the molecule is Fc1nc(F)c(F)c(C23C4CC5C(CC42)C53c2ccncc2)c1F. The van der Waals surface area contributed by atoms with Crippen LogP contribution in [0.2, 0.25) is 0 Å². The molecule has 4 aliphatic carbocycles. The van der Waals surface area contributed by atoms with Gasteiger partial charge in [0.2, 0.25) is 0 Å². The van der Waals surface area contributed by atoms with Crippen molar-refractivity contribution in [2.45, 2.75) is 23.7 Å². The highest BCUT2D eigenvalue weighted by molar-refractivity contribution is 5.62. The van der Waals surface area contributed by atoms with Gasteiger partial charge in [0, 0.05) is 28.8 Å². The first-order valence-corrected chi connectivity index (χ1v) is 8.17. The van der Waals surface area contributed by atoms with E-state index in [1.165, 1.54) is 0 Å². The molecule has 122 valence electrons. The van der Waals surface area contributed by atoms with Crippen molar-refractivity contribution in [1.82, 2.24) is 9.97 Å². The predicted molar refractivity (Wildman–Crippen MR) is 74.9 cm³/mol. The fourth-order valence-electron chi connectivity index (χ4n) is 6.97. The van der Waals surface area contributed by atoms with Crippen LogP contribution >= 0.6 is 0 Å². The lowest BCUT2D eigenvalue weighted by atomic mass is 9.75. The molecule has 0 bridgehead atoms. The van der Waals surface area contributed by atoms with Gasteiger partial charge in [-0.1, -0.05) is 0 Å². The minimum Gasteiger partial charge on any atom is -0.265 e. The van der Waals surface area contributed by atoms with Crippen molar-refractivity contribution in [2.24, 2.45) is 23.7 Å². The Bertz CT molecular complexity index is 869. The molecule has 2 aromatic rings. The van der Waals surface area contributed by atoms with E-state index < -0.39 is 39.9 Å². The van der Waals surface area contributed by atoms with Crippen molar-refractivity contribution in [2.75, 3.05) is 0 Å². The minimum atomic E-state index is -1.55. The normalized spacial score (nSPS) is 43.0. The maximum atomic E-state index is 14.6. The van der Waals surface area contributed by atoms with Gasteiger partial charge < -0.3 is 0 Å². The number of rotatable bonds is 2. The molecule has 0 saturated heterocycles. The zero-order valence-electron chi connectivity index (χ0n) is 12.4. The molecule has 4 fully saturated rings. The highest BCUT2D eigenvalue weighted by Gasteiger charge is 2.96. The average Bonchev–Trinajstić information content (AvgIpc) is 3.38. The third-order valence-electron chi connectivity index (χ3n) is 7.36. The molecule has 0 spiro atoms. The number of pyridine rings is 2. The van der Waals surface area contributed by atoms with Crippen LogP contribution in [0, 0.1) is 47.2 Å². The Labute approximate surface area is 134 Å².